The summed E-state index contributed by atoms with van der Waals surface area (Å²) < 4.78 is 0. The van der Waals surface area contributed by atoms with E-state index >= 15 is 0 Å². The third-order valence-electron chi connectivity index (χ3n) is 2.69. The molecule has 2 nitrogen and oxygen atoms in total. The molecule has 0 aliphatic rings. The van der Waals surface area contributed by atoms with Gasteiger partial charge in [-0.2, -0.15) is 0 Å². The van der Waals surface area contributed by atoms with Gasteiger partial charge in [-0.15, -0.1) is 0 Å². The number of aryl methyl sites for hydroxylation is 2. The van der Waals surface area contributed by atoms with E-state index in [9.17, 15) is 0 Å². The molecule has 1 rings (SSSR count). The van der Waals surface area contributed by atoms with Crippen LogP contribution in [0.4, 0.5) is 0 Å². The van der Waals surface area contributed by atoms with Gasteiger partial charge in [0.25, 0.3) is 0 Å². The van der Waals surface area contributed by atoms with Gasteiger partial charge in [-0.25, -0.2) is 9.97 Å². The van der Waals surface area contributed by atoms with Gasteiger partial charge < -0.3 is 0 Å². The van der Waals surface area contributed by atoms with Gasteiger partial charge in [0.1, 0.15) is 5.82 Å². The van der Waals surface area contributed by atoms with Crippen LogP contribution in [0.3, 0.4) is 0 Å². The Morgan fingerprint density at radius 1 is 0.667 bits per heavy atom. The summed E-state index contributed by atoms with van der Waals surface area (Å²) in [5, 5.41) is 0. The molecule has 0 atom stereocenters. The highest BCUT2D eigenvalue weighted by Gasteiger charge is 2.24. The summed E-state index contributed by atoms with van der Waals surface area (Å²) in [6.45, 7) is 21.3. The van der Waals surface area contributed by atoms with Crippen LogP contribution in [0.15, 0.2) is 0 Å². The molecule has 0 radical (unpaired) electrons. The average Bonchev–Trinajstić information content (AvgIpc) is 2.15. The molecule has 0 fully saturated rings. The lowest BCUT2D eigenvalue weighted by atomic mass is 9.84. The fourth-order valence-electron chi connectivity index (χ4n) is 2.14. The van der Waals surface area contributed by atoms with Crippen molar-refractivity contribution in [2.45, 2.75) is 80.1 Å². The first-order valence-corrected chi connectivity index (χ1v) is 6.89. The highest BCUT2D eigenvalue weighted by molar-refractivity contribution is 5.32. The van der Waals surface area contributed by atoms with Gasteiger partial charge in [-0.3, -0.25) is 0 Å². The minimum atomic E-state index is 0.0198. The zero-order valence-corrected chi connectivity index (χ0v) is 13.9. The molecule has 104 valence electrons. The first-order chi connectivity index (χ1) is 8.03. The fraction of sp³-hybridized carbons (Fsp3) is 0.750. The van der Waals surface area contributed by atoms with Gasteiger partial charge in [0.2, 0.25) is 0 Å². The standard InChI is InChI=1S/C14H24N2.C2H6/c1-9-11(13(3,4)5)10(2)16-12(15-9)14(6,7)8;1-2/h1-8H3;1-2H3. The van der Waals surface area contributed by atoms with Crippen molar-refractivity contribution in [1.82, 2.24) is 9.97 Å². The van der Waals surface area contributed by atoms with E-state index in [0.717, 1.165) is 17.2 Å². The second kappa shape index (κ2) is 5.81. The Labute approximate surface area is 113 Å². The molecule has 0 bridgehead atoms. The van der Waals surface area contributed by atoms with Gasteiger partial charge in [-0.1, -0.05) is 55.4 Å². The van der Waals surface area contributed by atoms with Crippen LogP contribution in [-0.4, -0.2) is 9.97 Å². The van der Waals surface area contributed by atoms with Crippen molar-refractivity contribution in [3.63, 3.8) is 0 Å². The second-order valence-corrected chi connectivity index (χ2v) is 6.59. The van der Waals surface area contributed by atoms with E-state index in [1.54, 1.807) is 0 Å². The second-order valence-electron chi connectivity index (χ2n) is 6.59. The molecule has 1 aromatic rings. The monoisotopic (exact) mass is 250 g/mol. The smallest absolute Gasteiger partial charge is 0.134 e. The van der Waals surface area contributed by atoms with Crippen LogP contribution in [0, 0.1) is 13.8 Å². The van der Waals surface area contributed by atoms with E-state index in [-0.39, 0.29) is 10.8 Å². The Morgan fingerprint density at radius 2 is 1.00 bits per heavy atom. The summed E-state index contributed by atoms with van der Waals surface area (Å²) >= 11 is 0. The summed E-state index contributed by atoms with van der Waals surface area (Å²) in [5.41, 5.74) is 3.65. The Balaban J connectivity index is 0.00000137. The zero-order valence-electron chi connectivity index (χ0n) is 13.9. The van der Waals surface area contributed by atoms with Crippen molar-refractivity contribution in [3.8, 4) is 0 Å². The fourth-order valence-corrected chi connectivity index (χ4v) is 2.14. The van der Waals surface area contributed by atoms with Crippen LogP contribution in [0.5, 0.6) is 0 Å². The van der Waals surface area contributed by atoms with Crippen molar-refractivity contribution in [2.24, 2.45) is 0 Å². The van der Waals surface area contributed by atoms with Crippen LogP contribution in [0.2, 0.25) is 0 Å². The molecule has 0 aromatic carbocycles. The predicted molar refractivity (Wildman–Crippen MR) is 80.3 cm³/mol. The number of nitrogens with zero attached hydrogens (tertiary/aromatic N) is 2. The minimum absolute atomic E-state index is 0.0198. The normalized spacial score (nSPS) is 11.9. The molecule has 0 spiro atoms. The molecule has 18 heavy (non-hydrogen) atoms. The topological polar surface area (TPSA) is 25.8 Å². The molecule has 0 N–H and O–H groups in total. The summed E-state index contributed by atoms with van der Waals surface area (Å²) in [6, 6.07) is 0. The van der Waals surface area contributed by atoms with Crippen molar-refractivity contribution in [1.29, 1.82) is 0 Å². The predicted octanol–water partition coefficient (Wildman–Crippen LogP) is 4.71. The average molecular weight is 250 g/mol. The van der Waals surface area contributed by atoms with E-state index in [1.807, 2.05) is 13.8 Å². The lowest BCUT2D eigenvalue weighted by molar-refractivity contribution is 0.522. The van der Waals surface area contributed by atoms with E-state index in [4.69, 9.17) is 0 Å². The van der Waals surface area contributed by atoms with E-state index in [2.05, 4.69) is 65.4 Å². The number of aromatic nitrogens is 2. The Kier molecular flexibility index (Phi) is 5.52. The highest BCUT2D eigenvalue weighted by Crippen LogP contribution is 2.29. The molecule has 0 unspecified atom stereocenters. The van der Waals surface area contributed by atoms with Crippen molar-refractivity contribution >= 4 is 0 Å². The summed E-state index contributed by atoms with van der Waals surface area (Å²) in [5.74, 6) is 0.940. The van der Waals surface area contributed by atoms with Gasteiger partial charge in [0, 0.05) is 16.8 Å². The van der Waals surface area contributed by atoms with Crippen LogP contribution in [0.25, 0.3) is 0 Å². The van der Waals surface area contributed by atoms with Crippen LogP contribution >= 0.6 is 0 Å². The summed E-state index contributed by atoms with van der Waals surface area (Å²) in [6.07, 6.45) is 0. The highest BCUT2D eigenvalue weighted by atomic mass is 14.9. The largest absolute Gasteiger partial charge is 0.237 e. The summed E-state index contributed by atoms with van der Waals surface area (Å²) in [7, 11) is 0. The van der Waals surface area contributed by atoms with Gasteiger partial charge in [0.05, 0.1) is 0 Å². The van der Waals surface area contributed by atoms with E-state index in [0.29, 0.717) is 0 Å². The van der Waals surface area contributed by atoms with Crippen LogP contribution in [0.1, 0.15) is 78.2 Å². The number of hydrogen-bond donors (Lipinski definition) is 0. The molecule has 1 aromatic heterocycles. The van der Waals surface area contributed by atoms with Gasteiger partial charge in [0.15, 0.2) is 0 Å². The Morgan fingerprint density at radius 3 is 1.22 bits per heavy atom. The van der Waals surface area contributed by atoms with Crippen molar-refractivity contribution in [2.75, 3.05) is 0 Å². The molecule has 1 heterocycles. The number of hydrogen-bond acceptors (Lipinski definition) is 2. The maximum atomic E-state index is 4.66. The maximum absolute atomic E-state index is 4.66. The summed E-state index contributed by atoms with van der Waals surface area (Å²) in [4.78, 5) is 9.32. The van der Waals surface area contributed by atoms with Gasteiger partial charge in [-0.05, 0) is 24.8 Å². The minimum Gasteiger partial charge on any atom is -0.237 e. The lowest BCUT2D eigenvalue weighted by Gasteiger charge is -2.26. The third-order valence-corrected chi connectivity index (χ3v) is 2.69. The Hall–Kier alpha value is -0.920. The quantitative estimate of drug-likeness (QED) is 0.666. The van der Waals surface area contributed by atoms with E-state index < -0.39 is 0 Å². The maximum Gasteiger partial charge on any atom is 0.134 e. The number of rotatable bonds is 0. The van der Waals surface area contributed by atoms with Gasteiger partial charge >= 0.3 is 0 Å². The third kappa shape index (κ3) is 4.08. The molecule has 0 saturated heterocycles. The molecular weight excluding hydrogens is 220 g/mol. The molecular formula is C16H30N2. The molecule has 0 aliphatic heterocycles. The van der Waals surface area contributed by atoms with E-state index in [1.165, 1.54) is 5.56 Å². The molecule has 0 saturated carbocycles. The first kappa shape index (κ1) is 17.1. The zero-order chi connectivity index (χ0) is 14.7. The first-order valence-electron chi connectivity index (χ1n) is 6.89. The SMILES string of the molecule is CC.Cc1nc(C(C)(C)C)nc(C)c1C(C)(C)C. The molecule has 0 aliphatic carbocycles. The molecule has 0 amide bonds. The molecule has 2 heteroatoms. The lowest BCUT2D eigenvalue weighted by Crippen LogP contribution is -2.23. The van der Waals surface area contributed by atoms with Crippen LogP contribution in [-0.2, 0) is 10.8 Å². The van der Waals surface area contributed by atoms with Crippen molar-refractivity contribution < 1.29 is 0 Å². The van der Waals surface area contributed by atoms with Crippen LogP contribution < -0.4 is 0 Å². The van der Waals surface area contributed by atoms with Crippen molar-refractivity contribution in [3.05, 3.63) is 22.8 Å². The Bertz CT molecular complexity index is 370.